The molecule has 0 aliphatic carbocycles. The fourth-order valence-corrected chi connectivity index (χ4v) is 2.24. The molecule has 1 aromatic heterocycles. The topological polar surface area (TPSA) is 61.0 Å². The highest BCUT2D eigenvalue weighted by Gasteiger charge is 2.30. The summed E-state index contributed by atoms with van der Waals surface area (Å²) in [6, 6.07) is 0. The number of aryl methyl sites for hydroxylation is 2. The Bertz CT molecular complexity index is 463. The monoisotopic (exact) mass is 331 g/mol. The Hall–Kier alpha value is -0.910. The Balaban J connectivity index is 3.18. The SMILES string of the molecule is CCCn1nc(C)c([N+](=O)[O-])c1CC(Br)C(C)(C)C. The molecule has 0 aromatic carbocycles. The van der Waals surface area contributed by atoms with Gasteiger partial charge in [-0.15, -0.1) is 0 Å². The third-order valence-corrected chi connectivity index (χ3v) is 4.83. The zero-order valence-corrected chi connectivity index (χ0v) is 13.8. The van der Waals surface area contributed by atoms with Gasteiger partial charge >= 0.3 is 5.69 Å². The van der Waals surface area contributed by atoms with E-state index in [-0.39, 0.29) is 20.9 Å². The summed E-state index contributed by atoms with van der Waals surface area (Å²) >= 11 is 3.65. The van der Waals surface area contributed by atoms with Crippen LogP contribution in [0.3, 0.4) is 0 Å². The van der Waals surface area contributed by atoms with Gasteiger partial charge in [-0.1, -0.05) is 43.6 Å². The number of rotatable bonds is 5. The van der Waals surface area contributed by atoms with Crippen molar-refractivity contribution >= 4 is 21.6 Å². The van der Waals surface area contributed by atoms with E-state index in [1.807, 2.05) is 6.92 Å². The van der Waals surface area contributed by atoms with Gasteiger partial charge in [-0.2, -0.15) is 5.10 Å². The lowest BCUT2D eigenvalue weighted by Gasteiger charge is -2.25. The second-order valence-electron chi connectivity index (χ2n) is 5.90. The maximum Gasteiger partial charge on any atom is 0.313 e. The van der Waals surface area contributed by atoms with E-state index in [2.05, 4.69) is 41.8 Å². The molecule has 6 heteroatoms. The zero-order valence-electron chi connectivity index (χ0n) is 12.2. The third-order valence-electron chi connectivity index (χ3n) is 3.13. The summed E-state index contributed by atoms with van der Waals surface area (Å²) in [6.45, 7) is 10.8. The highest BCUT2D eigenvalue weighted by Crippen LogP contribution is 2.33. The van der Waals surface area contributed by atoms with Gasteiger partial charge in [0.15, 0.2) is 0 Å². The van der Waals surface area contributed by atoms with Crippen LogP contribution in [0.2, 0.25) is 0 Å². The van der Waals surface area contributed by atoms with Crippen molar-refractivity contribution in [2.45, 2.75) is 58.8 Å². The number of halogens is 1. The fraction of sp³-hybridized carbons (Fsp3) is 0.769. The second kappa shape index (κ2) is 6.03. The summed E-state index contributed by atoms with van der Waals surface area (Å²) in [5.41, 5.74) is 1.44. The molecular formula is C13H22BrN3O2. The summed E-state index contributed by atoms with van der Waals surface area (Å²) in [6.07, 6.45) is 1.52. The van der Waals surface area contributed by atoms with Gasteiger partial charge in [0.05, 0.1) is 4.92 Å². The van der Waals surface area contributed by atoms with Gasteiger partial charge in [-0.25, -0.2) is 0 Å². The van der Waals surface area contributed by atoms with Crippen LogP contribution in [0.4, 0.5) is 5.69 Å². The van der Waals surface area contributed by atoms with Gasteiger partial charge in [-0.05, 0) is 18.8 Å². The number of nitrogens with zero attached hydrogens (tertiary/aromatic N) is 3. The third kappa shape index (κ3) is 3.78. The Morgan fingerprint density at radius 3 is 2.47 bits per heavy atom. The van der Waals surface area contributed by atoms with Gasteiger partial charge in [0.2, 0.25) is 0 Å². The molecule has 0 spiro atoms. The number of aromatic nitrogens is 2. The highest BCUT2D eigenvalue weighted by molar-refractivity contribution is 9.09. The minimum absolute atomic E-state index is 0.0447. The molecule has 0 N–H and O–H groups in total. The molecule has 0 bridgehead atoms. The van der Waals surface area contributed by atoms with Crippen molar-refractivity contribution in [2.24, 2.45) is 5.41 Å². The Morgan fingerprint density at radius 2 is 2.05 bits per heavy atom. The first-order valence-corrected chi connectivity index (χ1v) is 7.44. The molecule has 0 aliphatic rings. The van der Waals surface area contributed by atoms with Gasteiger partial charge in [0.1, 0.15) is 11.4 Å². The maximum absolute atomic E-state index is 11.2. The van der Waals surface area contributed by atoms with Crippen LogP contribution in [-0.2, 0) is 13.0 Å². The first kappa shape index (κ1) is 16.1. The minimum atomic E-state index is -0.313. The summed E-state index contributed by atoms with van der Waals surface area (Å²) < 4.78 is 1.79. The Kier molecular flexibility index (Phi) is 5.12. The molecule has 1 aromatic rings. The van der Waals surface area contributed by atoms with Crippen LogP contribution in [0.15, 0.2) is 0 Å². The normalized spacial score (nSPS) is 13.6. The van der Waals surface area contributed by atoms with Crippen LogP contribution in [-0.4, -0.2) is 19.5 Å². The van der Waals surface area contributed by atoms with E-state index in [9.17, 15) is 10.1 Å². The molecule has 5 nitrogen and oxygen atoms in total. The molecular weight excluding hydrogens is 310 g/mol. The van der Waals surface area contributed by atoms with Crippen molar-refractivity contribution in [1.82, 2.24) is 9.78 Å². The lowest BCUT2D eigenvalue weighted by molar-refractivity contribution is -0.386. The second-order valence-corrected chi connectivity index (χ2v) is 7.00. The smallest absolute Gasteiger partial charge is 0.262 e. The Morgan fingerprint density at radius 1 is 1.47 bits per heavy atom. The average molecular weight is 332 g/mol. The molecule has 0 fully saturated rings. The highest BCUT2D eigenvalue weighted by atomic mass is 79.9. The van der Waals surface area contributed by atoms with E-state index in [1.54, 1.807) is 11.6 Å². The van der Waals surface area contributed by atoms with Gasteiger partial charge < -0.3 is 0 Å². The lowest BCUT2D eigenvalue weighted by Crippen LogP contribution is -2.24. The molecule has 19 heavy (non-hydrogen) atoms. The molecule has 1 unspecified atom stereocenters. The number of hydrogen-bond acceptors (Lipinski definition) is 3. The molecule has 0 saturated carbocycles. The Labute approximate surface area is 122 Å². The zero-order chi connectivity index (χ0) is 14.8. The molecule has 0 amide bonds. The van der Waals surface area contributed by atoms with E-state index < -0.39 is 0 Å². The van der Waals surface area contributed by atoms with Crippen molar-refractivity contribution < 1.29 is 4.92 Å². The van der Waals surface area contributed by atoms with Crippen LogP contribution in [0, 0.1) is 22.5 Å². The van der Waals surface area contributed by atoms with E-state index in [1.165, 1.54) is 0 Å². The van der Waals surface area contributed by atoms with Crippen LogP contribution < -0.4 is 0 Å². The van der Waals surface area contributed by atoms with Crippen LogP contribution in [0.5, 0.6) is 0 Å². The molecule has 0 saturated heterocycles. The number of nitro groups is 1. The van der Waals surface area contributed by atoms with E-state index >= 15 is 0 Å². The predicted octanol–water partition coefficient (Wildman–Crippen LogP) is 3.86. The quantitative estimate of drug-likeness (QED) is 0.467. The standard InChI is InChI=1S/C13H22BrN3O2/c1-6-7-16-10(8-11(14)13(3,4)5)12(17(18)19)9(2)15-16/h11H,6-8H2,1-5H3. The summed E-state index contributed by atoms with van der Waals surface area (Å²) in [5.74, 6) is 0. The van der Waals surface area contributed by atoms with Crippen molar-refractivity contribution in [2.75, 3.05) is 0 Å². The van der Waals surface area contributed by atoms with E-state index in [0.29, 0.717) is 18.7 Å². The summed E-state index contributed by atoms with van der Waals surface area (Å²) in [5, 5.41) is 15.5. The van der Waals surface area contributed by atoms with Crippen LogP contribution in [0.1, 0.15) is 45.5 Å². The van der Waals surface area contributed by atoms with Crippen molar-refractivity contribution in [3.05, 3.63) is 21.5 Å². The van der Waals surface area contributed by atoms with Gasteiger partial charge in [0.25, 0.3) is 0 Å². The van der Waals surface area contributed by atoms with Crippen molar-refractivity contribution in [1.29, 1.82) is 0 Å². The molecule has 0 radical (unpaired) electrons. The largest absolute Gasteiger partial charge is 0.313 e. The fourth-order valence-electron chi connectivity index (χ4n) is 1.93. The molecule has 1 atom stereocenters. The maximum atomic E-state index is 11.2. The van der Waals surface area contributed by atoms with E-state index in [0.717, 1.165) is 12.1 Å². The first-order chi connectivity index (χ1) is 8.68. The predicted molar refractivity (Wildman–Crippen MR) is 79.8 cm³/mol. The molecule has 108 valence electrons. The molecule has 1 rings (SSSR count). The average Bonchev–Trinajstić information content (AvgIpc) is 2.54. The lowest BCUT2D eigenvalue weighted by atomic mass is 9.89. The summed E-state index contributed by atoms with van der Waals surface area (Å²) in [4.78, 5) is 11.1. The number of hydrogen-bond donors (Lipinski definition) is 0. The molecule has 0 aliphatic heterocycles. The van der Waals surface area contributed by atoms with Crippen LogP contribution >= 0.6 is 15.9 Å². The first-order valence-electron chi connectivity index (χ1n) is 6.53. The van der Waals surface area contributed by atoms with Gasteiger partial charge in [-0.3, -0.25) is 14.8 Å². The van der Waals surface area contributed by atoms with E-state index in [4.69, 9.17) is 0 Å². The van der Waals surface area contributed by atoms with Crippen molar-refractivity contribution in [3.8, 4) is 0 Å². The minimum Gasteiger partial charge on any atom is -0.262 e. The van der Waals surface area contributed by atoms with Crippen LogP contribution in [0.25, 0.3) is 0 Å². The number of alkyl halides is 1. The van der Waals surface area contributed by atoms with Gasteiger partial charge in [0, 0.05) is 17.8 Å². The molecule has 1 heterocycles. The summed E-state index contributed by atoms with van der Waals surface area (Å²) in [7, 11) is 0. The van der Waals surface area contributed by atoms with Crippen molar-refractivity contribution in [3.63, 3.8) is 0 Å².